The number of nitrogens with zero attached hydrogens (tertiary/aromatic N) is 2. The van der Waals surface area contributed by atoms with Crippen LogP contribution in [-0.2, 0) is 14.8 Å². The molecule has 0 saturated carbocycles. The van der Waals surface area contributed by atoms with Gasteiger partial charge in [-0.2, -0.15) is 5.10 Å². The third-order valence-corrected chi connectivity index (χ3v) is 6.49. The molecule has 3 rings (SSSR count). The number of hydrogen-bond donors (Lipinski definition) is 2. The van der Waals surface area contributed by atoms with E-state index < -0.39 is 22.5 Å². The zero-order valence-electron chi connectivity index (χ0n) is 19.9. The van der Waals surface area contributed by atoms with E-state index in [1.807, 2.05) is 6.07 Å². The number of carbonyl (C=O) groups excluding carboxylic acids is 2. The standard InChI is InChI=1S/C25H25ClN4O5S/c1-17(18-9-11-20(12-10-18)27-25(32)19-7-5-4-6-8-19)28-29-24(31)16-30(36(3,33)34)21-13-14-23(35-2)22(26)15-21/h4-15H,16H2,1-3H3,(H,27,32)(H,29,31)/b28-17-. The molecule has 0 aliphatic carbocycles. The minimum absolute atomic E-state index is 0.210. The lowest BCUT2D eigenvalue weighted by atomic mass is 10.1. The minimum atomic E-state index is -3.78. The van der Waals surface area contributed by atoms with E-state index in [9.17, 15) is 18.0 Å². The Morgan fingerprint density at radius 1 is 1.00 bits per heavy atom. The van der Waals surface area contributed by atoms with E-state index in [1.54, 1.807) is 55.5 Å². The molecule has 188 valence electrons. The number of benzene rings is 3. The zero-order valence-corrected chi connectivity index (χ0v) is 21.4. The summed E-state index contributed by atoms with van der Waals surface area (Å²) in [5.74, 6) is -0.489. The highest BCUT2D eigenvalue weighted by molar-refractivity contribution is 7.92. The molecule has 9 nitrogen and oxygen atoms in total. The lowest BCUT2D eigenvalue weighted by Gasteiger charge is -2.22. The molecule has 0 saturated heterocycles. The topological polar surface area (TPSA) is 117 Å². The number of anilines is 2. The average molecular weight is 529 g/mol. The highest BCUT2D eigenvalue weighted by atomic mass is 35.5. The maximum atomic E-state index is 12.5. The first kappa shape index (κ1) is 26.7. The van der Waals surface area contributed by atoms with Crippen molar-refractivity contribution < 1.29 is 22.7 Å². The van der Waals surface area contributed by atoms with Gasteiger partial charge in [0.2, 0.25) is 10.0 Å². The highest BCUT2D eigenvalue weighted by Crippen LogP contribution is 2.30. The smallest absolute Gasteiger partial charge is 0.260 e. The molecule has 36 heavy (non-hydrogen) atoms. The molecular formula is C25H25ClN4O5S. The van der Waals surface area contributed by atoms with Gasteiger partial charge >= 0.3 is 0 Å². The van der Waals surface area contributed by atoms with Gasteiger partial charge in [0.25, 0.3) is 11.8 Å². The molecule has 0 aromatic heterocycles. The summed E-state index contributed by atoms with van der Waals surface area (Å²) >= 11 is 6.11. The summed E-state index contributed by atoms with van der Waals surface area (Å²) < 4.78 is 30.6. The van der Waals surface area contributed by atoms with Gasteiger partial charge in [0.05, 0.1) is 29.8 Å². The molecule has 0 fully saturated rings. The number of carbonyl (C=O) groups is 2. The first-order chi connectivity index (χ1) is 17.1. The van der Waals surface area contributed by atoms with Gasteiger partial charge in [-0.3, -0.25) is 13.9 Å². The van der Waals surface area contributed by atoms with E-state index in [0.29, 0.717) is 28.3 Å². The summed E-state index contributed by atoms with van der Waals surface area (Å²) in [6.45, 7) is 1.19. The Hall–Kier alpha value is -3.89. The summed E-state index contributed by atoms with van der Waals surface area (Å²) in [6, 6.07) is 20.2. The second-order valence-corrected chi connectivity index (χ2v) is 10.0. The second kappa shape index (κ2) is 11.7. The van der Waals surface area contributed by atoms with Gasteiger partial charge in [0.15, 0.2) is 0 Å². The maximum absolute atomic E-state index is 12.5. The number of amides is 2. The van der Waals surface area contributed by atoms with Gasteiger partial charge in [-0.25, -0.2) is 13.8 Å². The highest BCUT2D eigenvalue weighted by Gasteiger charge is 2.22. The van der Waals surface area contributed by atoms with E-state index in [1.165, 1.54) is 25.3 Å². The molecule has 11 heteroatoms. The molecule has 3 aromatic carbocycles. The number of hydrogen-bond acceptors (Lipinski definition) is 6. The number of nitrogens with one attached hydrogen (secondary N) is 2. The first-order valence-electron chi connectivity index (χ1n) is 10.7. The molecular weight excluding hydrogens is 504 g/mol. The van der Waals surface area contributed by atoms with Crippen molar-refractivity contribution in [3.05, 3.63) is 88.9 Å². The van der Waals surface area contributed by atoms with Gasteiger partial charge in [0, 0.05) is 11.3 Å². The Bertz CT molecular complexity index is 1380. The van der Waals surface area contributed by atoms with Crippen molar-refractivity contribution in [2.45, 2.75) is 6.92 Å². The molecule has 0 unspecified atom stereocenters. The summed E-state index contributed by atoms with van der Waals surface area (Å²) in [4.78, 5) is 24.8. The SMILES string of the molecule is COc1ccc(N(CC(=O)N/N=C(/C)c2ccc(NC(=O)c3ccccc3)cc2)S(C)(=O)=O)cc1Cl. The van der Waals surface area contributed by atoms with Crippen LogP contribution in [0, 0.1) is 0 Å². The van der Waals surface area contributed by atoms with Gasteiger partial charge in [-0.15, -0.1) is 0 Å². The van der Waals surface area contributed by atoms with Crippen molar-refractivity contribution in [1.29, 1.82) is 0 Å². The monoisotopic (exact) mass is 528 g/mol. The van der Waals surface area contributed by atoms with Crippen LogP contribution in [0.2, 0.25) is 5.02 Å². The second-order valence-electron chi connectivity index (χ2n) is 7.72. The van der Waals surface area contributed by atoms with Crippen LogP contribution in [0.15, 0.2) is 77.9 Å². The number of methoxy groups -OCH3 is 1. The summed E-state index contributed by atoms with van der Waals surface area (Å²) in [5.41, 5.74) is 4.93. The van der Waals surface area contributed by atoms with Crippen LogP contribution in [0.3, 0.4) is 0 Å². The van der Waals surface area contributed by atoms with E-state index in [-0.39, 0.29) is 16.6 Å². The number of ether oxygens (including phenoxy) is 1. The fraction of sp³-hybridized carbons (Fsp3) is 0.160. The molecule has 2 N–H and O–H groups in total. The third kappa shape index (κ3) is 7.06. The van der Waals surface area contributed by atoms with Crippen molar-refractivity contribution in [1.82, 2.24) is 5.43 Å². The van der Waals surface area contributed by atoms with Gasteiger partial charge in [0.1, 0.15) is 12.3 Å². The normalized spacial score (nSPS) is 11.5. The van der Waals surface area contributed by atoms with Gasteiger partial charge < -0.3 is 10.1 Å². The summed E-state index contributed by atoms with van der Waals surface area (Å²) in [7, 11) is -2.34. The van der Waals surface area contributed by atoms with Crippen LogP contribution in [0.1, 0.15) is 22.8 Å². The molecule has 0 heterocycles. The average Bonchev–Trinajstić information content (AvgIpc) is 2.86. The zero-order chi connectivity index (χ0) is 26.3. The number of hydrazone groups is 1. The summed E-state index contributed by atoms with van der Waals surface area (Å²) in [6.07, 6.45) is 0.991. The molecule has 0 bridgehead atoms. The molecule has 0 radical (unpaired) electrons. The van der Waals surface area contributed by atoms with E-state index >= 15 is 0 Å². The number of halogens is 1. The van der Waals surface area contributed by atoms with Crippen LogP contribution in [0.5, 0.6) is 5.75 Å². The predicted molar refractivity (Wildman–Crippen MR) is 141 cm³/mol. The van der Waals surface area contributed by atoms with Crippen LogP contribution < -0.4 is 19.8 Å². The van der Waals surface area contributed by atoms with E-state index in [4.69, 9.17) is 16.3 Å². The molecule has 0 atom stereocenters. The van der Waals surface area contributed by atoms with Crippen LogP contribution >= 0.6 is 11.6 Å². The lowest BCUT2D eigenvalue weighted by Crippen LogP contribution is -2.39. The molecule has 3 aromatic rings. The fourth-order valence-corrected chi connectivity index (χ4v) is 4.27. The van der Waals surface area contributed by atoms with Crippen molar-refractivity contribution in [2.24, 2.45) is 5.10 Å². The molecule has 2 amide bonds. The predicted octanol–water partition coefficient (Wildman–Crippen LogP) is 3.91. The Morgan fingerprint density at radius 3 is 2.25 bits per heavy atom. The summed E-state index contributed by atoms with van der Waals surface area (Å²) in [5, 5.41) is 7.09. The van der Waals surface area contributed by atoms with Crippen molar-refractivity contribution in [3.63, 3.8) is 0 Å². The van der Waals surface area contributed by atoms with Crippen LogP contribution in [0.25, 0.3) is 0 Å². The quantitative estimate of drug-likeness (QED) is 0.322. The van der Waals surface area contributed by atoms with Crippen LogP contribution in [-0.4, -0.2) is 45.9 Å². The van der Waals surface area contributed by atoms with Crippen molar-refractivity contribution >= 4 is 50.5 Å². The fourth-order valence-electron chi connectivity index (χ4n) is 3.17. The number of sulfonamides is 1. The van der Waals surface area contributed by atoms with E-state index in [0.717, 1.165) is 10.6 Å². The third-order valence-electron chi connectivity index (χ3n) is 5.06. The molecule has 0 aliphatic heterocycles. The minimum Gasteiger partial charge on any atom is -0.495 e. The largest absolute Gasteiger partial charge is 0.495 e. The Labute approximate surface area is 214 Å². The Balaban J connectivity index is 1.65. The van der Waals surface area contributed by atoms with Crippen molar-refractivity contribution in [3.8, 4) is 5.75 Å². The Kier molecular flexibility index (Phi) is 8.68. The van der Waals surface area contributed by atoms with Crippen LogP contribution in [0.4, 0.5) is 11.4 Å². The molecule has 0 aliphatic rings. The van der Waals surface area contributed by atoms with Gasteiger partial charge in [-0.05, 0) is 55.0 Å². The van der Waals surface area contributed by atoms with E-state index in [2.05, 4.69) is 15.8 Å². The first-order valence-corrected chi connectivity index (χ1v) is 12.9. The number of rotatable bonds is 9. The maximum Gasteiger partial charge on any atom is 0.260 e. The van der Waals surface area contributed by atoms with Gasteiger partial charge in [-0.1, -0.05) is 41.9 Å². The molecule has 0 spiro atoms. The van der Waals surface area contributed by atoms with Crippen molar-refractivity contribution in [2.75, 3.05) is 29.5 Å². The lowest BCUT2D eigenvalue weighted by molar-refractivity contribution is -0.119. The Morgan fingerprint density at radius 2 is 1.67 bits per heavy atom.